The van der Waals surface area contributed by atoms with Gasteiger partial charge in [-0.25, -0.2) is 0 Å². The summed E-state index contributed by atoms with van der Waals surface area (Å²) in [5.41, 5.74) is 9.41. The van der Waals surface area contributed by atoms with Crippen LogP contribution in [0.3, 0.4) is 0 Å². The molecule has 0 aliphatic heterocycles. The van der Waals surface area contributed by atoms with E-state index in [1.54, 1.807) is 0 Å². The highest BCUT2D eigenvalue weighted by atomic mass is 16.5. The van der Waals surface area contributed by atoms with Gasteiger partial charge in [0.05, 0.1) is 6.42 Å². The average molecular weight is 342 g/mol. The van der Waals surface area contributed by atoms with Crippen molar-refractivity contribution in [3.8, 4) is 22.6 Å². The molecule has 4 nitrogen and oxygen atoms in total. The Morgan fingerprint density at radius 3 is 2.31 bits per heavy atom. The number of para-hydroxylation sites is 1. The fourth-order valence-electron chi connectivity index (χ4n) is 3.03. The molecule has 128 valence electrons. The van der Waals surface area contributed by atoms with Crippen molar-refractivity contribution in [2.75, 3.05) is 0 Å². The molecule has 0 aliphatic rings. The third-order valence-electron chi connectivity index (χ3n) is 4.30. The molecule has 0 saturated heterocycles. The molecule has 3 aromatic carbocycles. The molecule has 1 aromatic heterocycles. The lowest BCUT2D eigenvalue weighted by Gasteiger charge is -2.07. The molecule has 1 amide bonds. The van der Waals surface area contributed by atoms with Crippen LogP contribution in [0.25, 0.3) is 22.0 Å². The third-order valence-corrected chi connectivity index (χ3v) is 4.30. The number of amides is 1. The predicted molar refractivity (Wildman–Crippen MR) is 103 cm³/mol. The summed E-state index contributed by atoms with van der Waals surface area (Å²) in [6, 6.07) is 23.8. The van der Waals surface area contributed by atoms with Crippen molar-refractivity contribution in [2.24, 2.45) is 5.73 Å². The number of ether oxygens (including phenoxy) is 1. The summed E-state index contributed by atoms with van der Waals surface area (Å²) in [5.74, 6) is 1.26. The Balaban J connectivity index is 1.61. The number of aromatic amines is 1. The van der Waals surface area contributed by atoms with Crippen molar-refractivity contribution >= 4 is 16.8 Å². The zero-order valence-electron chi connectivity index (χ0n) is 14.1. The normalized spacial score (nSPS) is 10.8. The number of fused-ring (bicyclic) bond motifs is 1. The molecule has 1 heterocycles. The Morgan fingerprint density at radius 2 is 1.58 bits per heavy atom. The van der Waals surface area contributed by atoms with Crippen LogP contribution in [0.4, 0.5) is 0 Å². The van der Waals surface area contributed by atoms with Crippen LogP contribution in [0, 0.1) is 0 Å². The number of hydrogen-bond acceptors (Lipinski definition) is 2. The maximum Gasteiger partial charge on any atom is 0.221 e. The van der Waals surface area contributed by atoms with Crippen molar-refractivity contribution in [3.63, 3.8) is 0 Å². The van der Waals surface area contributed by atoms with Crippen LogP contribution in [-0.2, 0) is 11.2 Å². The van der Waals surface area contributed by atoms with Gasteiger partial charge in [0.1, 0.15) is 11.5 Å². The monoisotopic (exact) mass is 342 g/mol. The molecular formula is C22H18N2O2. The van der Waals surface area contributed by atoms with Crippen LogP contribution in [0.5, 0.6) is 11.5 Å². The Kier molecular flexibility index (Phi) is 4.15. The first-order valence-electron chi connectivity index (χ1n) is 8.41. The zero-order valence-corrected chi connectivity index (χ0v) is 14.1. The van der Waals surface area contributed by atoms with Gasteiger partial charge in [0.2, 0.25) is 5.91 Å². The van der Waals surface area contributed by atoms with E-state index >= 15 is 0 Å². The first-order chi connectivity index (χ1) is 12.7. The molecule has 3 N–H and O–H groups in total. The molecule has 0 aliphatic carbocycles. The minimum atomic E-state index is -0.335. The van der Waals surface area contributed by atoms with Gasteiger partial charge >= 0.3 is 0 Å². The number of H-pyrrole nitrogens is 1. The van der Waals surface area contributed by atoms with Crippen LogP contribution >= 0.6 is 0 Å². The molecule has 26 heavy (non-hydrogen) atoms. The molecule has 0 saturated carbocycles. The van der Waals surface area contributed by atoms with Crippen LogP contribution in [-0.4, -0.2) is 10.9 Å². The van der Waals surface area contributed by atoms with Crippen molar-refractivity contribution in [1.82, 2.24) is 4.98 Å². The van der Waals surface area contributed by atoms with E-state index < -0.39 is 0 Å². The summed E-state index contributed by atoms with van der Waals surface area (Å²) in [5, 5.41) is 1.02. The molecule has 4 rings (SSSR count). The van der Waals surface area contributed by atoms with Gasteiger partial charge in [-0.15, -0.1) is 0 Å². The summed E-state index contributed by atoms with van der Waals surface area (Å²) >= 11 is 0. The zero-order chi connectivity index (χ0) is 17.9. The molecule has 0 bridgehead atoms. The van der Waals surface area contributed by atoms with Crippen LogP contribution < -0.4 is 10.5 Å². The van der Waals surface area contributed by atoms with E-state index in [0.717, 1.165) is 39.1 Å². The summed E-state index contributed by atoms with van der Waals surface area (Å²) in [6.45, 7) is 0. The molecule has 0 fully saturated rings. The summed E-state index contributed by atoms with van der Waals surface area (Å²) in [7, 11) is 0. The summed E-state index contributed by atoms with van der Waals surface area (Å²) < 4.78 is 5.83. The SMILES string of the molecule is NC(=O)Cc1c[nH]c2ccc(-c3ccc(Oc4ccccc4)cc3)cc12. The largest absolute Gasteiger partial charge is 0.457 e. The van der Waals surface area contributed by atoms with Gasteiger partial charge in [-0.2, -0.15) is 0 Å². The van der Waals surface area contributed by atoms with Crippen molar-refractivity contribution in [1.29, 1.82) is 0 Å². The number of carbonyl (C=O) groups excluding carboxylic acids is 1. The van der Waals surface area contributed by atoms with E-state index in [0.29, 0.717) is 0 Å². The van der Waals surface area contributed by atoms with Gasteiger partial charge < -0.3 is 15.5 Å². The molecule has 0 unspecified atom stereocenters. The van der Waals surface area contributed by atoms with Gasteiger partial charge in [0, 0.05) is 17.1 Å². The summed E-state index contributed by atoms with van der Waals surface area (Å²) in [4.78, 5) is 14.4. The molecule has 0 radical (unpaired) electrons. The van der Waals surface area contributed by atoms with E-state index in [2.05, 4.69) is 17.1 Å². The molecule has 0 atom stereocenters. The van der Waals surface area contributed by atoms with Crippen LogP contribution in [0.2, 0.25) is 0 Å². The van der Waals surface area contributed by atoms with Gasteiger partial charge in [-0.05, 0) is 53.1 Å². The number of nitrogens with two attached hydrogens (primary N) is 1. The second-order valence-corrected chi connectivity index (χ2v) is 6.16. The maximum absolute atomic E-state index is 11.2. The minimum Gasteiger partial charge on any atom is -0.457 e. The smallest absolute Gasteiger partial charge is 0.221 e. The minimum absolute atomic E-state index is 0.229. The molecule has 0 spiro atoms. The number of nitrogens with one attached hydrogen (secondary N) is 1. The first-order valence-corrected chi connectivity index (χ1v) is 8.41. The van der Waals surface area contributed by atoms with Crippen LogP contribution in [0.1, 0.15) is 5.56 Å². The molecule has 4 aromatic rings. The van der Waals surface area contributed by atoms with E-state index in [-0.39, 0.29) is 12.3 Å². The van der Waals surface area contributed by atoms with Crippen LogP contribution in [0.15, 0.2) is 79.0 Å². The Hall–Kier alpha value is -3.53. The quantitative estimate of drug-likeness (QED) is 0.554. The first kappa shape index (κ1) is 16.0. The second kappa shape index (κ2) is 6.76. The Bertz CT molecular complexity index is 1050. The van der Waals surface area contributed by atoms with E-state index in [1.165, 1.54) is 0 Å². The fourth-order valence-corrected chi connectivity index (χ4v) is 3.03. The fraction of sp³-hybridized carbons (Fsp3) is 0.0455. The lowest BCUT2D eigenvalue weighted by atomic mass is 10.0. The van der Waals surface area contributed by atoms with Gasteiger partial charge in [-0.3, -0.25) is 4.79 Å². The standard InChI is InChI=1S/C22H18N2O2/c23-22(25)13-17-14-24-21-11-8-16(12-20(17)21)15-6-9-19(10-7-15)26-18-4-2-1-3-5-18/h1-12,14,24H,13H2,(H2,23,25). The van der Waals surface area contributed by atoms with Crippen molar-refractivity contribution < 1.29 is 9.53 Å². The number of primary amides is 1. The summed E-state index contributed by atoms with van der Waals surface area (Å²) in [6.07, 6.45) is 2.07. The third kappa shape index (κ3) is 3.30. The number of benzene rings is 3. The Morgan fingerprint density at radius 1 is 0.885 bits per heavy atom. The lowest BCUT2D eigenvalue weighted by Crippen LogP contribution is -2.13. The lowest BCUT2D eigenvalue weighted by molar-refractivity contribution is -0.117. The second-order valence-electron chi connectivity index (χ2n) is 6.16. The molecular weight excluding hydrogens is 324 g/mol. The number of hydrogen-bond donors (Lipinski definition) is 2. The Labute approximate surface area is 151 Å². The average Bonchev–Trinajstić information content (AvgIpc) is 3.05. The topological polar surface area (TPSA) is 68.1 Å². The van der Waals surface area contributed by atoms with Gasteiger partial charge in [0.15, 0.2) is 0 Å². The highest BCUT2D eigenvalue weighted by Gasteiger charge is 2.08. The van der Waals surface area contributed by atoms with E-state index in [4.69, 9.17) is 10.5 Å². The van der Waals surface area contributed by atoms with Crippen molar-refractivity contribution in [2.45, 2.75) is 6.42 Å². The van der Waals surface area contributed by atoms with Gasteiger partial charge in [-0.1, -0.05) is 36.4 Å². The highest BCUT2D eigenvalue weighted by Crippen LogP contribution is 2.29. The number of aromatic nitrogens is 1. The van der Waals surface area contributed by atoms with Gasteiger partial charge in [0.25, 0.3) is 0 Å². The van der Waals surface area contributed by atoms with Crippen molar-refractivity contribution in [3.05, 3.63) is 84.6 Å². The highest BCUT2D eigenvalue weighted by molar-refractivity contribution is 5.91. The predicted octanol–water partition coefficient (Wildman–Crippen LogP) is 4.66. The number of rotatable bonds is 5. The number of carbonyl (C=O) groups is 1. The van der Waals surface area contributed by atoms with E-state index in [9.17, 15) is 4.79 Å². The maximum atomic E-state index is 11.2. The van der Waals surface area contributed by atoms with E-state index in [1.807, 2.05) is 66.9 Å². The molecule has 4 heteroatoms.